The number of halogens is 1. The molecule has 0 bridgehead atoms. The number of fused-ring (bicyclic) bond motifs is 1. The predicted molar refractivity (Wildman–Crippen MR) is 92.5 cm³/mol. The van der Waals surface area contributed by atoms with E-state index >= 15 is 0 Å². The molecule has 2 aromatic carbocycles. The zero-order valence-electron chi connectivity index (χ0n) is 12.2. The molecule has 1 aliphatic heterocycles. The summed E-state index contributed by atoms with van der Waals surface area (Å²) in [6.07, 6.45) is -0.162. The van der Waals surface area contributed by atoms with Crippen LogP contribution in [0.3, 0.4) is 0 Å². The van der Waals surface area contributed by atoms with E-state index in [0.29, 0.717) is 18.7 Å². The fourth-order valence-electron chi connectivity index (χ4n) is 2.38. The molecule has 1 unspecified atom stereocenters. The minimum Gasteiger partial charge on any atom is -0.486 e. The fourth-order valence-corrected chi connectivity index (χ4v) is 3.00. The van der Waals surface area contributed by atoms with Gasteiger partial charge in [-0.2, -0.15) is 0 Å². The lowest BCUT2D eigenvalue weighted by Crippen LogP contribution is -2.42. The van der Waals surface area contributed by atoms with Crippen molar-refractivity contribution in [1.29, 1.82) is 0 Å². The summed E-state index contributed by atoms with van der Waals surface area (Å²) in [6, 6.07) is 15.1. The Bertz CT molecular complexity index is 689. The average Bonchev–Trinajstić information content (AvgIpc) is 2.54. The zero-order valence-corrected chi connectivity index (χ0v) is 14.3. The van der Waals surface area contributed by atoms with Crippen LogP contribution < -0.4 is 9.47 Å². The second-order valence-electron chi connectivity index (χ2n) is 5.16. The van der Waals surface area contributed by atoms with Crippen molar-refractivity contribution in [3.8, 4) is 11.5 Å². The van der Waals surface area contributed by atoms with Gasteiger partial charge in [0.15, 0.2) is 17.6 Å². The maximum absolute atomic E-state index is 12.5. The quantitative estimate of drug-likeness (QED) is 0.732. The highest BCUT2D eigenvalue weighted by Gasteiger charge is 2.24. The summed E-state index contributed by atoms with van der Waals surface area (Å²) in [5.74, 6) is 1.48. The highest BCUT2D eigenvalue weighted by Crippen LogP contribution is 2.31. The molecule has 0 fully saturated rings. The van der Waals surface area contributed by atoms with E-state index in [9.17, 15) is 4.79 Å². The van der Waals surface area contributed by atoms with Crippen LogP contribution in [-0.2, 0) is 0 Å². The molecule has 0 N–H and O–H groups in total. The molecule has 114 valence electrons. The Kier molecular flexibility index (Phi) is 4.52. The highest BCUT2D eigenvalue weighted by atomic mass is 127. The number of carbonyl (C=O) groups is 1. The van der Waals surface area contributed by atoms with E-state index in [4.69, 9.17) is 9.47 Å². The monoisotopic (exact) mass is 409 g/mol. The second kappa shape index (κ2) is 6.56. The molecule has 22 heavy (non-hydrogen) atoms. The number of para-hydroxylation sites is 2. The third-order valence-electron chi connectivity index (χ3n) is 3.50. The SMILES string of the molecule is CN(CC1COc2ccccc2O1)C(=O)c1ccccc1I. The van der Waals surface area contributed by atoms with E-state index < -0.39 is 0 Å². The number of hydrogen-bond acceptors (Lipinski definition) is 3. The smallest absolute Gasteiger partial charge is 0.254 e. The van der Waals surface area contributed by atoms with Crippen molar-refractivity contribution in [2.45, 2.75) is 6.10 Å². The molecule has 0 aromatic heterocycles. The number of rotatable bonds is 3. The first-order valence-corrected chi connectivity index (χ1v) is 8.11. The van der Waals surface area contributed by atoms with Crippen molar-refractivity contribution in [1.82, 2.24) is 4.90 Å². The number of likely N-dealkylation sites (N-methyl/N-ethyl adjacent to an activating group) is 1. The summed E-state index contributed by atoms with van der Waals surface area (Å²) in [5.41, 5.74) is 0.711. The number of amides is 1. The van der Waals surface area contributed by atoms with E-state index in [2.05, 4.69) is 22.6 Å². The summed E-state index contributed by atoms with van der Waals surface area (Å²) < 4.78 is 12.5. The third-order valence-corrected chi connectivity index (χ3v) is 4.44. The first-order valence-electron chi connectivity index (χ1n) is 7.03. The molecule has 2 aromatic rings. The Morgan fingerprint density at radius 3 is 2.64 bits per heavy atom. The lowest BCUT2D eigenvalue weighted by molar-refractivity contribution is 0.0520. The van der Waals surface area contributed by atoms with Gasteiger partial charge in [-0.05, 0) is 46.9 Å². The fraction of sp³-hybridized carbons (Fsp3) is 0.235. The molecule has 0 radical (unpaired) electrons. The van der Waals surface area contributed by atoms with Gasteiger partial charge in [-0.15, -0.1) is 0 Å². The van der Waals surface area contributed by atoms with Crippen LogP contribution in [0.4, 0.5) is 0 Å². The van der Waals surface area contributed by atoms with Crippen molar-refractivity contribution >= 4 is 28.5 Å². The summed E-state index contributed by atoms with van der Waals surface area (Å²) in [5, 5.41) is 0. The number of nitrogens with zero attached hydrogens (tertiary/aromatic N) is 1. The zero-order chi connectivity index (χ0) is 15.5. The maximum atomic E-state index is 12.5. The van der Waals surface area contributed by atoms with Gasteiger partial charge in [0.25, 0.3) is 5.91 Å². The Morgan fingerprint density at radius 1 is 1.18 bits per heavy atom. The Labute approximate surface area is 143 Å². The topological polar surface area (TPSA) is 38.8 Å². The first-order chi connectivity index (χ1) is 10.6. The van der Waals surface area contributed by atoms with E-state index in [1.54, 1.807) is 11.9 Å². The van der Waals surface area contributed by atoms with Gasteiger partial charge >= 0.3 is 0 Å². The molecule has 1 aliphatic rings. The lowest BCUT2D eigenvalue weighted by Gasteiger charge is -2.29. The summed E-state index contributed by atoms with van der Waals surface area (Å²) >= 11 is 2.18. The van der Waals surface area contributed by atoms with Gasteiger partial charge in [0.1, 0.15) is 6.61 Å². The number of benzene rings is 2. The van der Waals surface area contributed by atoms with Crippen molar-refractivity contribution in [3.05, 3.63) is 57.7 Å². The molecule has 1 amide bonds. The molecule has 0 spiro atoms. The molecule has 1 atom stereocenters. The average molecular weight is 409 g/mol. The van der Waals surface area contributed by atoms with Crippen LogP contribution in [0.1, 0.15) is 10.4 Å². The molecule has 0 aliphatic carbocycles. The normalized spacial score (nSPS) is 16.2. The second-order valence-corrected chi connectivity index (χ2v) is 6.33. The largest absolute Gasteiger partial charge is 0.486 e. The lowest BCUT2D eigenvalue weighted by atomic mass is 10.2. The summed E-state index contributed by atoms with van der Waals surface area (Å²) in [7, 11) is 1.79. The van der Waals surface area contributed by atoms with Crippen LogP contribution >= 0.6 is 22.6 Å². The van der Waals surface area contributed by atoms with Crippen molar-refractivity contribution in [2.24, 2.45) is 0 Å². The highest BCUT2D eigenvalue weighted by molar-refractivity contribution is 14.1. The van der Waals surface area contributed by atoms with Crippen LogP contribution in [0, 0.1) is 3.57 Å². The first kappa shape index (κ1) is 15.1. The number of carbonyl (C=O) groups excluding carboxylic acids is 1. The molecule has 3 rings (SSSR count). The van der Waals surface area contributed by atoms with Gasteiger partial charge in [0.05, 0.1) is 12.1 Å². The van der Waals surface area contributed by atoms with E-state index in [1.165, 1.54) is 0 Å². The van der Waals surface area contributed by atoms with Crippen LogP contribution in [-0.4, -0.2) is 37.1 Å². The third kappa shape index (κ3) is 3.19. The minimum atomic E-state index is -0.162. The molecule has 0 saturated carbocycles. The van der Waals surface area contributed by atoms with Gasteiger partial charge in [-0.1, -0.05) is 24.3 Å². The van der Waals surface area contributed by atoms with Gasteiger partial charge < -0.3 is 14.4 Å². The Balaban J connectivity index is 1.67. The molecule has 1 heterocycles. The van der Waals surface area contributed by atoms with Crippen LogP contribution in [0.25, 0.3) is 0 Å². The van der Waals surface area contributed by atoms with Crippen LogP contribution in [0.5, 0.6) is 11.5 Å². The van der Waals surface area contributed by atoms with Crippen molar-refractivity contribution in [2.75, 3.05) is 20.2 Å². The number of ether oxygens (including phenoxy) is 2. The van der Waals surface area contributed by atoms with E-state index in [1.807, 2.05) is 48.5 Å². The van der Waals surface area contributed by atoms with Crippen LogP contribution in [0.2, 0.25) is 0 Å². The Morgan fingerprint density at radius 2 is 1.86 bits per heavy atom. The van der Waals surface area contributed by atoms with Gasteiger partial charge in [0.2, 0.25) is 0 Å². The molecule has 4 nitrogen and oxygen atoms in total. The molecule has 5 heteroatoms. The summed E-state index contributed by atoms with van der Waals surface area (Å²) in [4.78, 5) is 14.2. The van der Waals surface area contributed by atoms with Crippen molar-refractivity contribution in [3.63, 3.8) is 0 Å². The molecule has 0 saturated heterocycles. The standard InChI is InChI=1S/C17H16INO3/c1-19(17(20)13-6-2-3-7-14(13)18)10-12-11-21-15-8-4-5-9-16(15)22-12/h2-9,12H,10-11H2,1H3. The minimum absolute atomic E-state index is 0.00698. The van der Waals surface area contributed by atoms with E-state index in [0.717, 1.165) is 15.1 Å². The maximum Gasteiger partial charge on any atom is 0.254 e. The van der Waals surface area contributed by atoms with Gasteiger partial charge in [-0.3, -0.25) is 4.79 Å². The van der Waals surface area contributed by atoms with Gasteiger partial charge in [0, 0.05) is 10.6 Å². The predicted octanol–water partition coefficient (Wildman–Crippen LogP) is 3.20. The molecular weight excluding hydrogens is 393 g/mol. The Hall–Kier alpha value is -1.76. The van der Waals surface area contributed by atoms with E-state index in [-0.39, 0.29) is 12.0 Å². The summed E-state index contributed by atoms with van der Waals surface area (Å²) in [6.45, 7) is 0.929. The van der Waals surface area contributed by atoms with Crippen molar-refractivity contribution < 1.29 is 14.3 Å². The molecular formula is C17H16INO3. The van der Waals surface area contributed by atoms with Crippen LogP contribution in [0.15, 0.2) is 48.5 Å². The number of hydrogen-bond donors (Lipinski definition) is 0. The van der Waals surface area contributed by atoms with Gasteiger partial charge in [-0.25, -0.2) is 0 Å².